The summed E-state index contributed by atoms with van der Waals surface area (Å²) in [6.07, 6.45) is 1.02. The second kappa shape index (κ2) is 8.49. The Kier molecular flexibility index (Phi) is 6.99. The molecule has 0 aliphatic carbocycles. The van der Waals surface area contributed by atoms with Crippen LogP contribution in [0.5, 0.6) is 5.75 Å². The van der Waals surface area contributed by atoms with Crippen molar-refractivity contribution in [3.05, 3.63) is 30.1 Å². The number of amides is 2. The maximum atomic E-state index is 12.8. The number of benzene rings is 1. The molecule has 3 unspecified atom stereocenters. The third-order valence-electron chi connectivity index (χ3n) is 3.55. The van der Waals surface area contributed by atoms with Gasteiger partial charge in [-0.15, -0.1) is 0 Å². The average molecular weight is 296 g/mol. The van der Waals surface area contributed by atoms with Gasteiger partial charge in [-0.2, -0.15) is 0 Å². The molecule has 1 aromatic rings. The van der Waals surface area contributed by atoms with Gasteiger partial charge in [0.05, 0.1) is 6.04 Å². The first-order valence-electron chi connectivity index (χ1n) is 7.37. The van der Waals surface area contributed by atoms with Crippen LogP contribution < -0.4 is 15.4 Å². The maximum Gasteiger partial charge on any atom is 0.315 e. The van der Waals surface area contributed by atoms with Crippen LogP contribution in [0, 0.1) is 11.7 Å². The summed E-state index contributed by atoms with van der Waals surface area (Å²) in [7, 11) is 0. The lowest BCUT2D eigenvalue weighted by Gasteiger charge is -2.22. The van der Waals surface area contributed by atoms with Crippen LogP contribution in [0.3, 0.4) is 0 Å². The number of halogens is 1. The van der Waals surface area contributed by atoms with Crippen molar-refractivity contribution in [2.24, 2.45) is 5.92 Å². The molecule has 0 saturated carbocycles. The number of rotatable bonds is 7. The minimum atomic E-state index is -0.299. The van der Waals surface area contributed by atoms with Crippen LogP contribution in [-0.4, -0.2) is 24.7 Å². The lowest BCUT2D eigenvalue weighted by molar-refractivity contribution is 0.220. The van der Waals surface area contributed by atoms with Gasteiger partial charge in [-0.25, -0.2) is 9.18 Å². The van der Waals surface area contributed by atoms with E-state index in [4.69, 9.17) is 4.74 Å². The molecule has 0 spiro atoms. The molecule has 0 heterocycles. The molecule has 1 rings (SSSR count). The van der Waals surface area contributed by atoms with E-state index in [1.54, 1.807) is 12.1 Å². The number of nitrogens with one attached hydrogen (secondary N) is 2. The smallest absolute Gasteiger partial charge is 0.315 e. The van der Waals surface area contributed by atoms with E-state index in [-0.39, 0.29) is 23.9 Å². The van der Waals surface area contributed by atoms with Gasteiger partial charge in [0.1, 0.15) is 18.2 Å². The van der Waals surface area contributed by atoms with E-state index in [1.165, 1.54) is 12.1 Å². The molecule has 0 bridgehead atoms. The van der Waals surface area contributed by atoms with Gasteiger partial charge in [0, 0.05) is 6.04 Å². The van der Waals surface area contributed by atoms with Gasteiger partial charge in [0.2, 0.25) is 0 Å². The Labute approximate surface area is 126 Å². The van der Waals surface area contributed by atoms with E-state index in [0.717, 1.165) is 6.42 Å². The van der Waals surface area contributed by atoms with Crippen molar-refractivity contribution in [2.75, 3.05) is 6.61 Å². The molecule has 1 aromatic carbocycles. The van der Waals surface area contributed by atoms with E-state index >= 15 is 0 Å². The fourth-order valence-electron chi connectivity index (χ4n) is 1.76. The van der Waals surface area contributed by atoms with Crippen molar-refractivity contribution in [3.8, 4) is 5.75 Å². The molecular formula is C16H25FN2O2. The van der Waals surface area contributed by atoms with E-state index in [2.05, 4.69) is 24.5 Å². The Hall–Kier alpha value is -1.78. The summed E-state index contributed by atoms with van der Waals surface area (Å²) >= 11 is 0. The third-order valence-corrected chi connectivity index (χ3v) is 3.55. The highest BCUT2D eigenvalue weighted by molar-refractivity contribution is 5.74. The predicted octanol–water partition coefficient (Wildman–Crippen LogP) is 3.33. The largest absolute Gasteiger partial charge is 0.491 e. The second-order valence-corrected chi connectivity index (χ2v) is 5.46. The zero-order valence-electron chi connectivity index (χ0n) is 13.2. The van der Waals surface area contributed by atoms with Crippen LogP contribution in [0.4, 0.5) is 9.18 Å². The number of carbonyl (C=O) groups is 1. The average Bonchev–Trinajstić information content (AvgIpc) is 2.45. The predicted molar refractivity (Wildman–Crippen MR) is 81.9 cm³/mol. The molecule has 21 heavy (non-hydrogen) atoms. The fourth-order valence-corrected chi connectivity index (χ4v) is 1.76. The van der Waals surface area contributed by atoms with E-state index < -0.39 is 0 Å². The fraction of sp³-hybridized carbons (Fsp3) is 0.562. The SMILES string of the molecule is CCC(C)C(C)NC(=O)NC(C)COc1ccc(F)cc1. The number of urea groups is 1. The summed E-state index contributed by atoms with van der Waals surface area (Å²) in [4.78, 5) is 11.8. The van der Waals surface area contributed by atoms with Crippen LogP contribution in [-0.2, 0) is 0 Å². The topological polar surface area (TPSA) is 50.4 Å². The van der Waals surface area contributed by atoms with Gasteiger partial charge < -0.3 is 15.4 Å². The van der Waals surface area contributed by atoms with Crippen molar-refractivity contribution in [2.45, 2.75) is 46.2 Å². The van der Waals surface area contributed by atoms with E-state index in [1.807, 2.05) is 13.8 Å². The van der Waals surface area contributed by atoms with Crippen molar-refractivity contribution in [1.82, 2.24) is 10.6 Å². The Morgan fingerprint density at radius 1 is 1.19 bits per heavy atom. The molecule has 0 saturated heterocycles. The lowest BCUT2D eigenvalue weighted by atomic mass is 10.0. The Balaban J connectivity index is 2.31. The molecule has 2 N–H and O–H groups in total. The van der Waals surface area contributed by atoms with Crippen LogP contribution in [0.1, 0.15) is 34.1 Å². The summed E-state index contributed by atoms with van der Waals surface area (Å²) < 4.78 is 18.2. The van der Waals surface area contributed by atoms with Crippen LogP contribution in [0.2, 0.25) is 0 Å². The highest BCUT2D eigenvalue weighted by atomic mass is 19.1. The van der Waals surface area contributed by atoms with Crippen LogP contribution in [0.25, 0.3) is 0 Å². The molecule has 0 aromatic heterocycles. The minimum absolute atomic E-state index is 0.125. The zero-order valence-corrected chi connectivity index (χ0v) is 13.2. The summed E-state index contributed by atoms with van der Waals surface area (Å²) in [5.74, 6) is 0.715. The third kappa shape index (κ3) is 6.47. The molecule has 0 radical (unpaired) electrons. The zero-order chi connectivity index (χ0) is 15.8. The standard InChI is InChI=1S/C16H25FN2O2/c1-5-11(2)13(4)19-16(20)18-12(3)10-21-15-8-6-14(17)7-9-15/h6-9,11-13H,5,10H2,1-4H3,(H2,18,19,20). The monoisotopic (exact) mass is 296 g/mol. The molecule has 3 atom stereocenters. The summed E-state index contributed by atoms with van der Waals surface area (Å²) in [6.45, 7) is 8.38. The number of hydrogen-bond donors (Lipinski definition) is 2. The number of hydrogen-bond acceptors (Lipinski definition) is 2. The first-order valence-corrected chi connectivity index (χ1v) is 7.37. The number of ether oxygens (including phenoxy) is 1. The number of carbonyl (C=O) groups excluding carboxylic acids is 1. The van der Waals surface area contributed by atoms with Gasteiger partial charge in [0.25, 0.3) is 0 Å². The molecule has 4 nitrogen and oxygen atoms in total. The molecule has 0 aliphatic heterocycles. The quantitative estimate of drug-likeness (QED) is 0.811. The second-order valence-electron chi connectivity index (χ2n) is 5.46. The lowest BCUT2D eigenvalue weighted by Crippen LogP contribution is -2.47. The highest BCUT2D eigenvalue weighted by Gasteiger charge is 2.14. The molecule has 5 heteroatoms. The first-order chi connectivity index (χ1) is 9.92. The Morgan fingerprint density at radius 2 is 1.81 bits per heavy atom. The van der Waals surface area contributed by atoms with Crippen LogP contribution >= 0.6 is 0 Å². The van der Waals surface area contributed by atoms with Gasteiger partial charge in [-0.3, -0.25) is 0 Å². The van der Waals surface area contributed by atoms with Crippen molar-refractivity contribution >= 4 is 6.03 Å². The Bertz CT molecular complexity index is 436. The van der Waals surface area contributed by atoms with Crippen molar-refractivity contribution in [1.29, 1.82) is 0 Å². The minimum Gasteiger partial charge on any atom is -0.491 e. The van der Waals surface area contributed by atoms with Crippen molar-refractivity contribution < 1.29 is 13.9 Å². The van der Waals surface area contributed by atoms with Gasteiger partial charge >= 0.3 is 6.03 Å². The van der Waals surface area contributed by atoms with E-state index in [0.29, 0.717) is 18.3 Å². The molecular weight excluding hydrogens is 271 g/mol. The summed E-state index contributed by atoms with van der Waals surface area (Å²) in [5, 5.41) is 5.73. The van der Waals surface area contributed by atoms with Gasteiger partial charge in [-0.05, 0) is 44.0 Å². The first kappa shape index (κ1) is 17.3. The normalized spacial score (nSPS) is 14.9. The maximum absolute atomic E-state index is 12.8. The Morgan fingerprint density at radius 3 is 2.38 bits per heavy atom. The van der Waals surface area contributed by atoms with E-state index in [9.17, 15) is 9.18 Å². The molecule has 118 valence electrons. The molecule has 0 aliphatic rings. The van der Waals surface area contributed by atoms with Crippen LogP contribution in [0.15, 0.2) is 24.3 Å². The molecule has 2 amide bonds. The highest BCUT2D eigenvalue weighted by Crippen LogP contribution is 2.11. The van der Waals surface area contributed by atoms with Gasteiger partial charge in [-0.1, -0.05) is 20.3 Å². The van der Waals surface area contributed by atoms with Crippen molar-refractivity contribution in [3.63, 3.8) is 0 Å². The summed E-state index contributed by atoms with van der Waals surface area (Å²) in [6, 6.07) is 5.60. The summed E-state index contributed by atoms with van der Waals surface area (Å²) in [5.41, 5.74) is 0. The molecule has 0 fully saturated rings. The van der Waals surface area contributed by atoms with Gasteiger partial charge in [0.15, 0.2) is 0 Å².